The number of nitrogens with one attached hydrogen (secondary N) is 1. The molecule has 0 amide bonds. The number of anilines is 2. The minimum Gasteiger partial charge on any atom is -0.488 e. The molecule has 1 aliphatic carbocycles. The maximum Gasteiger partial charge on any atom is 0.491 e. The molecule has 5 rings (SSSR count). The van der Waals surface area contributed by atoms with Crippen LogP contribution in [0.3, 0.4) is 0 Å². The number of hydrogen-bond donors (Lipinski definition) is 3. The van der Waals surface area contributed by atoms with Crippen molar-refractivity contribution < 1.29 is 19.5 Å². The zero-order chi connectivity index (χ0) is 19.8. The van der Waals surface area contributed by atoms with Crippen molar-refractivity contribution in [3.63, 3.8) is 0 Å². The number of nitrogens with zero attached hydrogens (tertiary/aromatic N) is 2. The van der Waals surface area contributed by atoms with E-state index in [4.69, 9.17) is 9.39 Å². The van der Waals surface area contributed by atoms with Crippen LogP contribution in [-0.4, -0.2) is 39.4 Å². The summed E-state index contributed by atoms with van der Waals surface area (Å²) in [6, 6.07) is 11.5. The second kappa shape index (κ2) is 7.63. The molecule has 3 aromatic rings. The maximum absolute atomic E-state index is 9.91. The number of hydrogen-bond acceptors (Lipinski definition) is 7. The Morgan fingerprint density at radius 1 is 1.14 bits per heavy atom. The third kappa shape index (κ3) is 3.79. The Labute approximate surface area is 168 Å². The SMILES string of the molecule is OB1OCc2ccc(Nc3ncc4cccc(OC5CCC(O)CC5)c4n3)cc21. The highest BCUT2D eigenvalue weighted by molar-refractivity contribution is 6.61. The van der Waals surface area contributed by atoms with Gasteiger partial charge in [-0.1, -0.05) is 18.2 Å². The highest BCUT2D eigenvalue weighted by Crippen LogP contribution is 2.29. The Bertz CT molecular complexity index is 1040. The lowest BCUT2D eigenvalue weighted by Gasteiger charge is -2.26. The summed E-state index contributed by atoms with van der Waals surface area (Å²) in [5.74, 6) is 1.19. The van der Waals surface area contributed by atoms with Gasteiger partial charge in [0.15, 0.2) is 0 Å². The number of aromatic nitrogens is 2. The second-order valence-corrected chi connectivity index (χ2v) is 7.64. The summed E-state index contributed by atoms with van der Waals surface area (Å²) in [6.07, 6.45) is 4.87. The minimum atomic E-state index is -0.890. The molecule has 0 saturated heterocycles. The first-order chi connectivity index (χ1) is 14.2. The van der Waals surface area contributed by atoms with Gasteiger partial charge in [0, 0.05) is 17.3 Å². The third-order valence-electron chi connectivity index (χ3n) is 5.58. The van der Waals surface area contributed by atoms with Gasteiger partial charge in [-0.05, 0) is 54.9 Å². The zero-order valence-electron chi connectivity index (χ0n) is 15.9. The van der Waals surface area contributed by atoms with Crippen LogP contribution in [0.5, 0.6) is 5.75 Å². The first-order valence-electron chi connectivity index (χ1n) is 9.96. The zero-order valence-corrected chi connectivity index (χ0v) is 15.9. The summed E-state index contributed by atoms with van der Waals surface area (Å²) in [5.41, 5.74) is 3.28. The van der Waals surface area contributed by atoms with Crippen LogP contribution < -0.4 is 15.5 Å². The molecular formula is C21H22BN3O4. The predicted octanol–water partition coefficient (Wildman–Crippen LogP) is 2.27. The third-order valence-corrected chi connectivity index (χ3v) is 5.58. The van der Waals surface area contributed by atoms with Crippen molar-refractivity contribution >= 4 is 35.1 Å². The summed E-state index contributed by atoms with van der Waals surface area (Å²) in [6.45, 7) is 0.419. The molecule has 0 radical (unpaired) electrons. The molecule has 0 unspecified atom stereocenters. The molecule has 0 bridgehead atoms. The van der Waals surface area contributed by atoms with Gasteiger partial charge in [-0.3, -0.25) is 0 Å². The molecule has 148 valence electrons. The standard InChI is InChI=1S/C21H22BN3O4/c26-16-6-8-17(9-7-16)29-19-3-1-2-13-11-23-21(25-20(13)19)24-15-5-4-14-12-28-22(27)18(14)10-15/h1-5,10-11,16-17,26-27H,6-9,12H2,(H,23,24,25). The van der Waals surface area contributed by atoms with Crippen LogP contribution in [0.4, 0.5) is 11.6 Å². The maximum atomic E-state index is 9.91. The van der Waals surface area contributed by atoms with Crippen LogP contribution in [-0.2, 0) is 11.3 Å². The van der Waals surface area contributed by atoms with Crippen LogP contribution in [0, 0.1) is 0 Å². The van der Waals surface area contributed by atoms with Crippen LogP contribution in [0.1, 0.15) is 31.2 Å². The Balaban J connectivity index is 1.40. The monoisotopic (exact) mass is 391 g/mol. The molecule has 0 atom stereocenters. The molecule has 1 saturated carbocycles. The Morgan fingerprint density at radius 2 is 2.00 bits per heavy atom. The number of ether oxygens (including phenoxy) is 1. The molecule has 1 aromatic heterocycles. The summed E-state index contributed by atoms with van der Waals surface area (Å²) >= 11 is 0. The number of rotatable bonds is 4. The topological polar surface area (TPSA) is 96.7 Å². The van der Waals surface area contributed by atoms with E-state index in [0.29, 0.717) is 12.6 Å². The fourth-order valence-electron chi connectivity index (χ4n) is 3.95. The van der Waals surface area contributed by atoms with Crippen molar-refractivity contribution in [3.05, 3.63) is 48.2 Å². The fraction of sp³-hybridized carbons (Fsp3) is 0.333. The Hall–Kier alpha value is -2.68. The number of benzene rings is 2. The highest BCUT2D eigenvalue weighted by Gasteiger charge is 2.27. The van der Waals surface area contributed by atoms with E-state index in [1.807, 2.05) is 36.4 Å². The van der Waals surface area contributed by atoms with E-state index in [0.717, 1.165) is 59.0 Å². The Morgan fingerprint density at radius 3 is 2.86 bits per heavy atom. The first kappa shape index (κ1) is 18.4. The molecule has 2 aliphatic rings. The van der Waals surface area contributed by atoms with Crippen molar-refractivity contribution in [1.82, 2.24) is 9.97 Å². The van der Waals surface area contributed by atoms with E-state index in [1.165, 1.54) is 0 Å². The highest BCUT2D eigenvalue weighted by atomic mass is 16.5. The average Bonchev–Trinajstić information content (AvgIpc) is 3.10. The summed E-state index contributed by atoms with van der Waals surface area (Å²) in [7, 11) is -0.890. The number of aliphatic hydroxyl groups is 1. The molecule has 1 fully saturated rings. The van der Waals surface area contributed by atoms with E-state index in [-0.39, 0.29) is 12.2 Å². The normalized spacial score (nSPS) is 21.2. The summed E-state index contributed by atoms with van der Waals surface area (Å²) < 4.78 is 11.5. The van der Waals surface area contributed by atoms with Gasteiger partial charge in [0.25, 0.3) is 0 Å². The molecule has 2 aromatic carbocycles. The largest absolute Gasteiger partial charge is 0.491 e. The van der Waals surface area contributed by atoms with Gasteiger partial charge in [0.1, 0.15) is 11.3 Å². The lowest BCUT2D eigenvalue weighted by molar-refractivity contribution is 0.0672. The number of para-hydroxylation sites is 1. The van der Waals surface area contributed by atoms with E-state index < -0.39 is 7.12 Å². The van der Waals surface area contributed by atoms with Crippen molar-refractivity contribution in [3.8, 4) is 5.75 Å². The molecule has 1 aliphatic heterocycles. The van der Waals surface area contributed by atoms with Gasteiger partial charge < -0.3 is 24.8 Å². The molecule has 7 nitrogen and oxygen atoms in total. The minimum absolute atomic E-state index is 0.0913. The first-order valence-corrected chi connectivity index (χ1v) is 9.96. The predicted molar refractivity (Wildman–Crippen MR) is 111 cm³/mol. The van der Waals surface area contributed by atoms with Crippen molar-refractivity contribution in [2.24, 2.45) is 0 Å². The van der Waals surface area contributed by atoms with Gasteiger partial charge >= 0.3 is 7.12 Å². The van der Waals surface area contributed by atoms with E-state index in [9.17, 15) is 10.1 Å². The summed E-state index contributed by atoms with van der Waals surface area (Å²) in [5, 5.41) is 23.7. The van der Waals surface area contributed by atoms with Crippen LogP contribution in [0.25, 0.3) is 10.9 Å². The van der Waals surface area contributed by atoms with E-state index >= 15 is 0 Å². The van der Waals surface area contributed by atoms with Gasteiger partial charge in [0.05, 0.1) is 18.8 Å². The molecular weight excluding hydrogens is 369 g/mol. The quantitative estimate of drug-likeness (QED) is 0.587. The van der Waals surface area contributed by atoms with Crippen molar-refractivity contribution in [2.75, 3.05) is 5.32 Å². The van der Waals surface area contributed by atoms with E-state index in [2.05, 4.69) is 15.3 Å². The number of aliphatic hydroxyl groups excluding tert-OH is 1. The van der Waals surface area contributed by atoms with Crippen LogP contribution in [0.15, 0.2) is 42.6 Å². The lowest BCUT2D eigenvalue weighted by Crippen LogP contribution is -2.28. The fourth-order valence-corrected chi connectivity index (χ4v) is 3.95. The smallest absolute Gasteiger partial charge is 0.488 e. The molecule has 0 spiro atoms. The van der Waals surface area contributed by atoms with Crippen LogP contribution >= 0.6 is 0 Å². The molecule has 3 N–H and O–H groups in total. The van der Waals surface area contributed by atoms with Crippen molar-refractivity contribution in [1.29, 1.82) is 0 Å². The molecule has 8 heteroatoms. The van der Waals surface area contributed by atoms with Gasteiger partial charge in [-0.25, -0.2) is 9.97 Å². The van der Waals surface area contributed by atoms with Gasteiger partial charge in [-0.2, -0.15) is 0 Å². The van der Waals surface area contributed by atoms with Gasteiger partial charge in [-0.15, -0.1) is 0 Å². The second-order valence-electron chi connectivity index (χ2n) is 7.64. The Kier molecular flexibility index (Phi) is 4.83. The molecule has 2 heterocycles. The lowest BCUT2D eigenvalue weighted by atomic mass is 9.79. The average molecular weight is 391 g/mol. The van der Waals surface area contributed by atoms with E-state index in [1.54, 1.807) is 6.20 Å². The van der Waals surface area contributed by atoms with Crippen molar-refractivity contribution in [2.45, 2.75) is 44.5 Å². The van der Waals surface area contributed by atoms with Crippen LogP contribution in [0.2, 0.25) is 0 Å². The molecule has 29 heavy (non-hydrogen) atoms. The number of fused-ring (bicyclic) bond motifs is 2. The summed E-state index contributed by atoms with van der Waals surface area (Å²) in [4.78, 5) is 9.08. The van der Waals surface area contributed by atoms with Gasteiger partial charge in [0.2, 0.25) is 5.95 Å².